The van der Waals surface area contributed by atoms with Gasteiger partial charge in [0.15, 0.2) is 0 Å². The number of carbonyl (C=O) groups is 1. The summed E-state index contributed by atoms with van der Waals surface area (Å²) in [4.78, 5) is 35.2. The zero-order valence-electron chi connectivity index (χ0n) is 18.2. The predicted molar refractivity (Wildman–Crippen MR) is 127 cm³/mol. The molecule has 0 fully saturated rings. The Kier molecular flexibility index (Phi) is 8.22. The molecule has 8 heteroatoms. The minimum Gasteiger partial charge on any atom is -0.325 e. The van der Waals surface area contributed by atoms with Crippen LogP contribution in [-0.2, 0) is 11.3 Å². The molecule has 3 aromatic rings. The van der Waals surface area contributed by atoms with Crippen LogP contribution in [0.5, 0.6) is 0 Å². The Bertz CT molecular complexity index is 1060. The van der Waals surface area contributed by atoms with Crippen molar-refractivity contribution in [2.45, 2.75) is 32.2 Å². The highest BCUT2D eigenvalue weighted by Gasteiger charge is 2.13. The van der Waals surface area contributed by atoms with Gasteiger partial charge in [-0.15, -0.1) is 0 Å². The van der Waals surface area contributed by atoms with Crippen LogP contribution in [0.3, 0.4) is 0 Å². The molecule has 0 aliphatic heterocycles. The van der Waals surface area contributed by atoms with E-state index in [1.54, 1.807) is 18.0 Å². The number of amides is 1. The number of carbonyl (C=O) groups excluding carboxylic acids is 1. The summed E-state index contributed by atoms with van der Waals surface area (Å²) < 4.78 is 2.26. The summed E-state index contributed by atoms with van der Waals surface area (Å²) in [7, 11) is 0. The molecule has 3 rings (SSSR count). The zero-order valence-corrected chi connectivity index (χ0v) is 19.0. The van der Waals surface area contributed by atoms with Gasteiger partial charge in [0.2, 0.25) is 5.91 Å². The van der Waals surface area contributed by atoms with Crippen LogP contribution in [0.2, 0.25) is 0 Å². The fraction of sp³-hybridized carbons (Fsp3) is 0.348. The summed E-state index contributed by atoms with van der Waals surface area (Å²) in [6.45, 7) is 9.45. The molecule has 31 heavy (non-hydrogen) atoms. The second-order valence-corrected chi connectivity index (χ2v) is 8.28. The summed E-state index contributed by atoms with van der Waals surface area (Å²) in [6.07, 6.45) is 0. The molecule has 164 valence electrons. The monoisotopic (exact) mass is 439 g/mol. The first-order valence-corrected chi connectivity index (χ1v) is 11.3. The normalized spacial score (nSPS) is 11.4. The lowest BCUT2D eigenvalue weighted by Crippen LogP contribution is -2.33. The van der Waals surface area contributed by atoms with Crippen LogP contribution >= 0.6 is 11.9 Å². The molecule has 0 aliphatic carbocycles. The van der Waals surface area contributed by atoms with Crippen molar-refractivity contribution in [1.29, 1.82) is 0 Å². The minimum absolute atomic E-state index is 0.103. The van der Waals surface area contributed by atoms with Crippen LogP contribution in [0.1, 0.15) is 26.6 Å². The Hall–Kier alpha value is -2.68. The lowest BCUT2D eigenvalue weighted by atomic mass is 10.2. The minimum atomic E-state index is -0.163. The summed E-state index contributed by atoms with van der Waals surface area (Å²) in [6, 6.07) is 15.1. The largest absolute Gasteiger partial charge is 0.325 e. The van der Waals surface area contributed by atoms with Crippen molar-refractivity contribution in [3.8, 4) is 0 Å². The van der Waals surface area contributed by atoms with Gasteiger partial charge < -0.3 is 10.3 Å². The molecule has 0 saturated heterocycles. The molecule has 1 heterocycles. The van der Waals surface area contributed by atoms with Crippen LogP contribution in [0.25, 0.3) is 10.9 Å². The van der Waals surface area contributed by atoms with E-state index in [0.29, 0.717) is 29.8 Å². The third-order valence-electron chi connectivity index (χ3n) is 4.93. The maximum atomic E-state index is 12.5. The molecule has 2 aromatic carbocycles. The average molecular weight is 440 g/mol. The average Bonchev–Trinajstić information content (AvgIpc) is 2.78. The standard InChI is InChI=1S/C23H29N5O2S/c1-4-27(15-21-25-20-10-8-7-9-19(20)23(30)26-21)16-22(29)24-17-11-13-18(14-12-17)31-28(5-2)6-3/h7-14H,4-6,15-16H2,1-3H3,(H,24,29)(H,25,26,30). The number of anilines is 1. The van der Waals surface area contributed by atoms with Crippen molar-refractivity contribution < 1.29 is 4.79 Å². The van der Waals surface area contributed by atoms with Crippen LogP contribution in [0.15, 0.2) is 58.2 Å². The Labute approximate surface area is 187 Å². The molecule has 0 saturated carbocycles. The molecule has 0 aliphatic rings. The van der Waals surface area contributed by atoms with Gasteiger partial charge in [-0.2, -0.15) is 0 Å². The molecule has 0 unspecified atom stereocenters. The Morgan fingerprint density at radius 1 is 1.03 bits per heavy atom. The third-order valence-corrected chi connectivity index (χ3v) is 6.19. The summed E-state index contributed by atoms with van der Waals surface area (Å²) >= 11 is 1.71. The topological polar surface area (TPSA) is 81.3 Å². The van der Waals surface area contributed by atoms with Crippen molar-refractivity contribution in [2.24, 2.45) is 0 Å². The smallest absolute Gasteiger partial charge is 0.258 e. The van der Waals surface area contributed by atoms with E-state index in [9.17, 15) is 9.59 Å². The second-order valence-electron chi connectivity index (χ2n) is 7.11. The van der Waals surface area contributed by atoms with Gasteiger partial charge in [-0.3, -0.25) is 14.5 Å². The van der Waals surface area contributed by atoms with E-state index >= 15 is 0 Å². The lowest BCUT2D eigenvalue weighted by molar-refractivity contribution is -0.117. The number of hydrogen-bond donors (Lipinski definition) is 2. The highest BCUT2D eigenvalue weighted by atomic mass is 32.2. The quantitative estimate of drug-likeness (QED) is 0.469. The van der Waals surface area contributed by atoms with Gasteiger partial charge in [0.1, 0.15) is 5.82 Å². The number of likely N-dealkylation sites (N-methyl/N-ethyl adjacent to an activating group) is 1. The maximum absolute atomic E-state index is 12.5. The first kappa shape index (κ1) is 23.0. The Morgan fingerprint density at radius 2 is 1.74 bits per heavy atom. The van der Waals surface area contributed by atoms with Gasteiger partial charge in [-0.05, 0) is 54.9 Å². The second kappa shape index (κ2) is 11.1. The van der Waals surface area contributed by atoms with Gasteiger partial charge in [-0.25, -0.2) is 9.29 Å². The molecule has 2 N–H and O–H groups in total. The lowest BCUT2D eigenvalue weighted by Gasteiger charge is -2.19. The van der Waals surface area contributed by atoms with Crippen LogP contribution in [-0.4, -0.2) is 51.3 Å². The number of aromatic nitrogens is 2. The molecule has 7 nitrogen and oxygen atoms in total. The van der Waals surface area contributed by atoms with Crippen molar-refractivity contribution >= 4 is 34.4 Å². The molecule has 0 atom stereocenters. The molecule has 1 aromatic heterocycles. The Balaban J connectivity index is 1.59. The fourth-order valence-electron chi connectivity index (χ4n) is 3.21. The number of H-pyrrole nitrogens is 1. The van der Waals surface area contributed by atoms with Crippen LogP contribution in [0, 0.1) is 0 Å². The van der Waals surface area contributed by atoms with Crippen LogP contribution < -0.4 is 10.9 Å². The van der Waals surface area contributed by atoms with E-state index in [4.69, 9.17) is 0 Å². The number of hydrogen-bond acceptors (Lipinski definition) is 6. The molecular formula is C23H29N5O2S. The Morgan fingerprint density at radius 3 is 2.42 bits per heavy atom. The van der Waals surface area contributed by atoms with Gasteiger partial charge in [0.25, 0.3) is 5.56 Å². The molecular weight excluding hydrogens is 410 g/mol. The highest BCUT2D eigenvalue weighted by molar-refractivity contribution is 7.97. The van der Waals surface area contributed by atoms with Crippen molar-refractivity contribution in [3.05, 3.63) is 64.7 Å². The highest BCUT2D eigenvalue weighted by Crippen LogP contribution is 2.23. The van der Waals surface area contributed by atoms with Crippen LogP contribution in [0.4, 0.5) is 5.69 Å². The van der Waals surface area contributed by atoms with Gasteiger partial charge in [0.05, 0.1) is 24.0 Å². The SMILES string of the molecule is CCN(CC(=O)Nc1ccc(SN(CC)CC)cc1)Cc1nc2ccccc2c(=O)[nH]1. The first-order chi connectivity index (χ1) is 15.0. The number of rotatable bonds is 10. The number of nitrogens with one attached hydrogen (secondary N) is 2. The molecule has 0 radical (unpaired) electrons. The number of para-hydroxylation sites is 1. The van der Waals surface area contributed by atoms with E-state index in [1.165, 1.54) is 0 Å². The van der Waals surface area contributed by atoms with Crippen molar-refractivity contribution in [3.63, 3.8) is 0 Å². The third kappa shape index (κ3) is 6.40. The molecule has 1 amide bonds. The fourth-order valence-corrected chi connectivity index (χ4v) is 4.02. The van der Waals surface area contributed by atoms with Crippen molar-refractivity contribution in [2.75, 3.05) is 31.5 Å². The first-order valence-electron chi connectivity index (χ1n) is 10.6. The van der Waals surface area contributed by atoms with Gasteiger partial charge in [0, 0.05) is 23.7 Å². The number of benzene rings is 2. The van der Waals surface area contributed by atoms with E-state index in [1.807, 2.05) is 54.3 Å². The number of fused-ring (bicyclic) bond motifs is 1. The number of nitrogens with zero attached hydrogens (tertiary/aromatic N) is 3. The summed E-state index contributed by atoms with van der Waals surface area (Å²) in [5.74, 6) is 0.449. The number of aromatic amines is 1. The van der Waals surface area contributed by atoms with Gasteiger partial charge >= 0.3 is 0 Å². The van der Waals surface area contributed by atoms with E-state index < -0.39 is 0 Å². The summed E-state index contributed by atoms with van der Waals surface area (Å²) in [5, 5.41) is 3.51. The van der Waals surface area contributed by atoms with E-state index in [2.05, 4.69) is 33.4 Å². The van der Waals surface area contributed by atoms with Gasteiger partial charge in [-0.1, -0.05) is 32.9 Å². The summed E-state index contributed by atoms with van der Waals surface area (Å²) in [5.41, 5.74) is 1.26. The molecule has 0 bridgehead atoms. The van der Waals surface area contributed by atoms with E-state index in [-0.39, 0.29) is 18.0 Å². The predicted octanol–water partition coefficient (Wildman–Crippen LogP) is 3.73. The van der Waals surface area contributed by atoms with E-state index in [0.717, 1.165) is 23.7 Å². The zero-order chi connectivity index (χ0) is 22.2. The van der Waals surface area contributed by atoms with Crippen molar-refractivity contribution in [1.82, 2.24) is 19.2 Å². The molecule has 0 spiro atoms. The maximum Gasteiger partial charge on any atom is 0.258 e.